The van der Waals surface area contributed by atoms with E-state index in [1.807, 2.05) is 0 Å². The molecule has 0 radical (unpaired) electrons. The Bertz CT molecular complexity index is 345. The van der Waals surface area contributed by atoms with Crippen molar-refractivity contribution >= 4 is 0 Å². The summed E-state index contributed by atoms with van der Waals surface area (Å²) in [4.78, 5) is 0. The topological polar surface area (TPSA) is 26.0 Å². The number of nitrogens with two attached hydrogens (primary N) is 1. The van der Waals surface area contributed by atoms with Crippen LogP contribution in [0.5, 0.6) is 0 Å². The maximum Gasteiger partial charge on any atom is 0.126 e. The van der Waals surface area contributed by atoms with E-state index in [1.165, 1.54) is 6.07 Å². The number of aryl methyl sites for hydroxylation is 1. The summed E-state index contributed by atoms with van der Waals surface area (Å²) in [5.41, 5.74) is 7.09. The molecular weight excluding hydrogens is 184 g/mol. The summed E-state index contributed by atoms with van der Waals surface area (Å²) in [6, 6.07) is 4.86. The van der Waals surface area contributed by atoms with E-state index in [1.54, 1.807) is 19.1 Å². The Morgan fingerprint density at radius 1 is 1.50 bits per heavy atom. The number of hydrogen-bond donors (Lipinski definition) is 1. The van der Waals surface area contributed by atoms with Crippen LogP contribution in [-0.2, 0) is 6.42 Å². The third-order valence-electron chi connectivity index (χ3n) is 2.08. The molecule has 1 aromatic rings. The Kier molecular flexibility index (Phi) is 3.77. The largest absolute Gasteiger partial charge is 0.327 e. The van der Waals surface area contributed by atoms with E-state index in [0.29, 0.717) is 23.9 Å². The van der Waals surface area contributed by atoms with Crippen molar-refractivity contribution in [1.29, 1.82) is 0 Å². The van der Waals surface area contributed by atoms with Crippen molar-refractivity contribution in [3.63, 3.8) is 0 Å². The highest BCUT2D eigenvalue weighted by Gasteiger charge is 2.01. The molecule has 0 saturated carbocycles. The van der Waals surface area contributed by atoms with Crippen LogP contribution in [0.3, 0.4) is 0 Å². The van der Waals surface area contributed by atoms with E-state index < -0.39 is 0 Å². The fourth-order valence-corrected chi connectivity index (χ4v) is 1.16. The molecule has 1 aromatic carbocycles. The zero-order valence-corrected chi connectivity index (χ0v) is 8.06. The zero-order chi connectivity index (χ0) is 10.6. The lowest BCUT2D eigenvalue weighted by atomic mass is 10.0. The molecule has 0 spiro atoms. The molecular formula is C11H13F2N. The lowest BCUT2D eigenvalue weighted by Crippen LogP contribution is -2.05. The SMILES string of the molecule is Cc1ccc(C/C(=C/F)CN)cc1F. The summed E-state index contributed by atoms with van der Waals surface area (Å²) >= 11 is 0. The minimum atomic E-state index is -0.266. The third-order valence-corrected chi connectivity index (χ3v) is 2.08. The lowest BCUT2D eigenvalue weighted by molar-refractivity contribution is 0.616. The van der Waals surface area contributed by atoms with Gasteiger partial charge in [-0.25, -0.2) is 8.78 Å². The normalized spacial score (nSPS) is 11.9. The van der Waals surface area contributed by atoms with E-state index in [0.717, 1.165) is 5.56 Å². The van der Waals surface area contributed by atoms with Crippen LogP contribution in [0.4, 0.5) is 8.78 Å². The monoisotopic (exact) mass is 197 g/mol. The molecule has 1 nitrogen and oxygen atoms in total. The Labute approximate surface area is 82.2 Å². The van der Waals surface area contributed by atoms with E-state index in [2.05, 4.69) is 0 Å². The quantitative estimate of drug-likeness (QED) is 0.791. The molecule has 14 heavy (non-hydrogen) atoms. The lowest BCUT2D eigenvalue weighted by Gasteiger charge is -2.04. The smallest absolute Gasteiger partial charge is 0.126 e. The molecule has 0 atom stereocenters. The summed E-state index contributed by atoms with van der Waals surface area (Å²) in [6.07, 6.45) is 0.849. The van der Waals surface area contributed by atoms with Crippen molar-refractivity contribution in [3.05, 3.63) is 47.0 Å². The maximum absolute atomic E-state index is 13.1. The Morgan fingerprint density at radius 3 is 2.71 bits per heavy atom. The average Bonchev–Trinajstić information content (AvgIpc) is 2.19. The molecule has 3 heteroatoms. The molecule has 0 aliphatic rings. The first-order chi connectivity index (χ1) is 6.67. The zero-order valence-electron chi connectivity index (χ0n) is 8.06. The van der Waals surface area contributed by atoms with Crippen LogP contribution in [0.15, 0.2) is 30.1 Å². The minimum Gasteiger partial charge on any atom is -0.327 e. The standard InChI is InChI=1S/C11H13F2N/c1-8-2-3-9(5-11(8)13)4-10(6-12)7-14/h2-3,5-6H,4,7,14H2,1H3/b10-6-. The molecule has 1 rings (SSSR count). The van der Waals surface area contributed by atoms with Gasteiger partial charge in [0.15, 0.2) is 0 Å². The Hall–Kier alpha value is -1.22. The Morgan fingerprint density at radius 2 is 2.21 bits per heavy atom. The van der Waals surface area contributed by atoms with Gasteiger partial charge in [0.05, 0.1) is 6.33 Å². The Balaban J connectivity index is 2.82. The molecule has 0 unspecified atom stereocenters. The van der Waals surface area contributed by atoms with Crippen LogP contribution in [0, 0.1) is 12.7 Å². The minimum absolute atomic E-state index is 0.159. The summed E-state index contributed by atoms with van der Waals surface area (Å²) in [7, 11) is 0. The van der Waals surface area contributed by atoms with Gasteiger partial charge in [0, 0.05) is 6.54 Å². The fraction of sp³-hybridized carbons (Fsp3) is 0.273. The van der Waals surface area contributed by atoms with Crippen molar-refractivity contribution < 1.29 is 8.78 Å². The van der Waals surface area contributed by atoms with Crippen LogP contribution in [0.1, 0.15) is 11.1 Å². The average molecular weight is 197 g/mol. The van der Waals surface area contributed by atoms with Crippen LogP contribution in [-0.4, -0.2) is 6.54 Å². The second-order valence-electron chi connectivity index (χ2n) is 3.23. The second kappa shape index (κ2) is 4.86. The van der Waals surface area contributed by atoms with Gasteiger partial charge < -0.3 is 5.73 Å². The summed E-state index contributed by atoms with van der Waals surface area (Å²) in [5, 5.41) is 0. The van der Waals surface area contributed by atoms with Gasteiger partial charge in [-0.3, -0.25) is 0 Å². The van der Waals surface area contributed by atoms with E-state index >= 15 is 0 Å². The van der Waals surface area contributed by atoms with Gasteiger partial charge in [-0.05, 0) is 36.1 Å². The van der Waals surface area contributed by atoms with Crippen molar-refractivity contribution in [2.24, 2.45) is 5.73 Å². The first kappa shape index (κ1) is 10.9. The third kappa shape index (κ3) is 2.64. The predicted octanol–water partition coefficient (Wildman–Crippen LogP) is 2.49. The highest BCUT2D eigenvalue weighted by molar-refractivity contribution is 5.27. The first-order valence-corrected chi connectivity index (χ1v) is 4.40. The van der Waals surface area contributed by atoms with Gasteiger partial charge in [0.25, 0.3) is 0 Å². The molecule has 0 bridgehead atoms. The van der Waals surface area contributed by atoms with Crippen molar-refractivity contribution in [1.82, 2.24) is 0 Å². The van der Waals surface area contributed by atoms with Gasteiger partial charge in [-0.1, -0.05) is 12.1 Å². The summed E-state index contributed by atoms with van der Waals surface area (Å²) in [6.45, 7) is 1.85. The van der Waals surface area contributed by atoms with Crippen LogP contribution in [0.25, 0.3) is 0 Å². The van der Waals surface area contributed by atoms with Crippen molar-refractivity contribution in [2.45, 2.75) is 13.3 Å². The molecule has 2 N–H and O–H groups in total. The molecule has 0 aromatic heterocycles. The highest BCUT2D eigenvalue weighted by atomic mass is 19.1. The van der Waals surface area contributed by atoms with Crippen molar-refractivity contribution in [3.8, 4) is 0 Å². The van der Waals surface area contributed by atoms with E-state index in [-0.39, 0.29) is 12.4 Å². The van der Waals surface area contributed by atoms with E-state index in [4.69, 9.17) is 5.73 Å². The molecule has 0 aliphatic heterocycles. The summed E-state index contributed by atoms with van der Waals surface area (Å²) < 4.78 is 25.3. The predicted molar refractivity (Wildman–Crippen MR) is 53.1 cm³/mol. The van der Waals surface area contributed by atoms with Crippen LogP contribution in [0.2, 0.25) is 0 Å². The summed E-state index contributed by atoms with van der Waals surface area (Å²) in [5.74, 6) is -0.266. The maximum atomic E-state index is 13.1. The molecule has 0 fully saturated rings. The molecule has 76 valence electrons. The van der Waals surface area contributed by atoms with E-state index in [9.17, 15) is 8.78 Å². The van der Waals surface area contributed by atoms with Gasteiger partial charge in [-0.15, -0.1) is 0 Å². The van der Waals surface area contributed by atoms with Gasteiger partial charge in [0.2, 0.25) is 0 Å². The fourth-order valence-electron chi connectivity index (χ4n) is 1.16. The molecule has 0 aliphatic carbocycles. The second-order valence-corrected chi connectivity index (χ2v) is 3.23. The number of benzene rings is 1. The highest BCUT2D eigenvalue weighted by Crippen LogP contribution is 2.12. The number of hydrogen-bond acceptors (Lipinski definition) is 1. The molecule has 0 heterocycles. The van der Waals surface area contributed by atoms with Crippen molar-refractivity contribution in [2.75, 3.05) is 6.54 Å². The van der Waals surface area contributed by atoms with Crippen LogP contribution < -0.4 is 5.73 Å². The first-order valence-electron chi connectivity index (χ1n) is 4.40. The van der Waals surface area contributed by atoms with Gasteiger partial charge in [0.1, 0.15) is 5.82 Å². The molecule has 0 amide bonds. The van der Waals surface area contributed by atoms with Gasteiger partial charge >= 0.3 is 0 Å². The van der Waals surface area contributed by atoms with Crippen LogP contribution >= 0.6 is 0 Å². The number of rotatable bonds is 3. The molecule has 0 saturated heterocycles. The number of halogens is 2. The van der Waals surface area contributed by atoms with Gasteiger partial charge in [-0.2, -0.15) is 0 Å².